The third-order valence-electron chi connectivity index (χ3n) is 3.20. The summed E-state index contributed by atoms with van der Waals surface area (Å²) in [5.74, 6) is 0. The van der Waals surface area contributed by atoms with Crippen molar-refractivity contribution in [2.24, 2.45) is 0 Å². The highest BCUT2D eigenvalue weighted by atomic mass is 35.5. The molecule has 2 rings (SSSR count). The van der Waals surface area contributed by atoms with Gasteiger partial charge in [0.1, 0.15) is 0 Å². The summed E-state index contributed by atoms with van der Waals surface area (Å²) >= 11 is 12.2. The van der Waals surface area contributed by atoms with Crippen LogP contribution in [-0.4, -0.2) is 13.1 Å². The van der Waals surface area contributed by atoms with Gasteiger partial charge in [0, 0.05) is 22.2 Å². The summed E-state index contributed by atoms with van der Waals surface area (Å²) < 4.78 is 6.05. The standard InChI is InChI=1S/C17H19Cl2NO/c1-2-20-11-17(15-5-3-4-6-16(15)19)21-12-13-7-9-14(18)10-8-13/h3-10,17,20H,2,11-12H2,1H3. The van der Waals surface area contributed by atoms with Crippen molar-refractivity contribution in [3.8, 4) is 0 Å². The summed E-state index contributed by atoms with van der Waals surface area (Å²) in [5, 5.41) is 4.78. The number of halogens is 2. The fourth-order valence-corrected chi connectivity index (χ4v) is 2.43. The fraction of sp³-hybridized carbons (Fsp3) is 0.294. The van der Waals surface area contributed by atoms with E-state index in [0.29, 0.717) is 6.61 Å². The maximum absolute atomic E-state index is 6.28. The van der Waals surface area contributed by atoms with Gasteiger partial charge in [0.2, 0.25) is 0 Å². The van der Waals surface area contributed by atoms with Crippen LogP contribution >= 0.6 is 23.2 Å². The first-order valence-electron chi connectivity index (χ1n) is 7.02. The van der Waals surface area contributed by atoms with Gasteiger partial charge in [-0.1, -0.05) is 60.5 Å². The van der Waals surface area contributed by atoms with Crippen molar-refractivity contribution >= 4 is 23.2 Å². The van der Waals surface area contributed by atoms with Gasteiger partial charge in [0.05, 0.1) is 12.7 Å². The molecule has 1 unspecified atom stereocenters. The van der Waals surface area contributed by atoms with E-state index in [2.05, 4.69) is 12.2 Å². The van der Waals surface area contributed by atoms with E-state index in [1.165, 1.54) is 0 Å². The molecular weight excluding hydrogens is 305 g/mol. The van der Waals surface area contributed by atoms with Gasteiger partial charge in [-0.3, -0.25) is 0 Å². The van der Waals surface area contributed by atoms with Crippen molar-refractivity contribution in [2.75, 3.05) is 13.1 Å². The molecule has 4 heteroatoms. The van der Waals surface area contributed by atoms with Crippen LogP contribution in [0.2, 0.25) is 10.0 Å². The first-order chi connectivity index (χ1) is 10.2. The molecule has 1 atom stereocenters. The zero-order valence-corrected chi connectivity index (χ0v) is 13.5. The van der Waals surface area contributed by atoms with Crippen molar-refractivity contribution in [1.29, 1.82) is 0 Å². The van der Waals surface area contributed by atoms with Gasteiger partial charge in [-0.15, -0.1) is 0 Å². The van der Waals surface area contributed by atoms with Crippen molar-refractivity contribution in [2.45, 2.75) is 19.6 Å². The van der Waals surface area contributed by atoms with Crippen molar-refractivity contribution < 1.29 is 4.74 Å². The molecule has 0 spiro atoms. The second-order valence-corrected chi connectivity index (χ2v) is 5.60. The Morgan fingerprint density at radius 1 is 1.05 bits per heavy atom. The van der Waals surface area contributed by atoms with E-state index in [1.54, 1.807) is 0 Å². The van der Waals surface area contributed by atoms with E-state index in [4.69, 9.17) is 27.9 Å². The molecule has 0 aliphatic rings. The molecule has 2 nitrogen and oxygen atoms in total. The van der Waals surface area contributed by atoms with Crippen LogP contribution in [0.5, 0.6) is 0 Å². The van der Waals surface area contributed by atoms with Crippen molar-refractivity contribution in [3.63, 3.8) is 0 Å². The van der Waals surface area contributed by atoms with Crippen LogP contribution in [0.1, 0.15) is 24.2 Å². The Bertz CT molecular complexity index is 557. The molecule has 0 heterocycles. The van der Waals surface area contributed by atoms with Gasteiger partial charge in [0.25, 0.3) is 0 Å². The van der Waals surface area contributed by atoms with Gasteiger partial charge >= 0.3 is 0 Å². The Balaban J connectivity index is 2.06. The second kappa shape index (κ2) is 8.40. The number of benzene rings is 2. The van der Waals surface area contributed by atoms with Gasteiger partial charge in [-0.2, -0.15) is 0 Å². The number of nitrogens with one attached hydrogen (secondary N) is 1. The van der Waals surface area contributed by atoms with E-state index in [9.17, 15) is 0 Å². The first-order valence-corrected chi connectivity index (χ1v) is 7.77. The molecule has 2 aromatic carbocycles. The molecule has 0 radical (unpaired) electrons. The molecule has 0 fully saturated rings. The van der Waals surface area contributed by atoms with Gasteiger partial charge in [-0.05, 0) is 30.3 Å². The largest absolute Gasteiger partial charge is 0.367 e. The summed E-state index contributed by atoms with van der Waals surface area (Å²) in [4.78, 5) is 0. The van der Waals surface area contributed by atoms with Crippen molar-refractivity contribution in [3.05, 3.63) is 69.7 Å². The first kappa shape index (κ1) is 16.3. The zero-order chi connectivity index (χ0) is 15.1. The average molecular weight is 324 g/mol. The summed E-state index contributed by atoms with van der Waals surface area (Å²) in [5.41, 5.74) is 2.10. The van der Waals surface area contributed by atoms with E-state index >= 15 is 0 Å². The molecule has 0 bridgehead atoms. The lowest BCUT2D eigenvalue weighted by molar-refractivity contribution is 0.0402. The summed E-state index contributed by atoms with van der Waals surface area (Å²) in [6.07, 6.45) is -0.0747. The quantitative estimate of drug-likeness (QED) is 0.785. The lowest BCUT2D eigenvalue weighted by atomic mass is 10.1. The molecule has 0 aromatic heterocycles. The Morgan fingerprint density at radius 3 is 2.43 bits per heavy atom. The van der Waals surface area contributed by atoms with Crippen LogP contribution in [-0.2, 0) is 11.3 Å². The number of hydrogen-bond donors (Lipinski definition) is 1. The molecular formula is C17H19Cl2NO. The van der Waals surface area contributed by atoms with Crippen molar-refractivity contribution in [1.82, 2.24) is 5.32 Å². The number of hydrogen-bond acceptors (Lipinski definition) is 2. The minimum atomic E-state index is -0.0747. The summed E-state index contributed by atoms with van der Waals surface area (Å²) in [6.45, 7) is 4.22. The SMILES string of the molecule is CCNCC(OCc1ccc(Cl)cc1)c1ccccc1Cl. The van der Waals surface area contributed by atoms with Crippen LogP contribution in [0.25, 0.3) is 0 Å². The number of rotatable bonds is 7. The molecule has 112 valence electrons. The second-order valence-electron chi connectivity index (χ2n) is 4.76. The summed E-state index contributed by atoms with van der Waals surface area (Å²) in [6, 6.07) is 15.5. The van der Waals surface area contributed by atoms with Crippen LogP contribution in [0.15, 0.2) is 48.5 Å². The zero-order valence-electron chi connectivity index (χ0n) is 12.0. The minimum Gasteiger partial charge on any atom is -0.367 e. The maximum Gasteiger partial charge on any atom is 0.0968 e. The normalized spacial score (nSPS) is 12.3. The molecule has 2 aromatic rings. The highest BCUT2D eigenvalue weighted by molar-refractivity contribution is 6.31. The molecule has 0 saturated heterocycles. The molecule has 0 aliphatic heterocycles. The molecule has 0 aliphatic carbocycles. The highest BCUT2D eigenvalue weighted by Crippen LogP contribution is 2.26. The molecule has 0 amide bonds. The lowest BCUT2D eigenvalue weighted by Crippen LogP contribution is -2.23. The molecule has 1 N–H and O–H groups in total. The predicted molar refractivity (Wildman–Crippen MR) is 89.0 cm³/mol. The monoisotopic (exact) mass is 323 g/mol. The van der Waals surface area contributed by atoms with Gasteiger partial charge < -0.3 is 10.1 Å². The lowest BCUT2D eigenvalue weighted by Gasteiger charge is -2.20. The van der Waals surface area contributed by atoms with Crippen LogP contribution in [0.3, 0.4) is 0 Å². The van der Waals surface area contributed by atoms with E-state index < -0.39 is 0 Å². The van der Waals surface area contributed by atoms with E-state index in [-0.39, 0.29) is 6.10 Å². The Labute approximate surface area is 136 Å². The van der Waals surface area contributed by atoms with Gasteiger partial charge in [0.15, 0.2) is 0 Å². The smallest absolute Gasteiger partial charge is 0.0968 e. The van der Waals surface area contributed by atoms with E-state index in [0.717, 1.165) is 34.3 Å². The van der Waals surface area contributed by atoms with E-state index in [1.807, 2.05) is 48.5 Å². The third-order valence-corrected chi connectivity index (χ3v) is 3.79. The minimum absolute atomic E-state index is 0.0747. The van der Waals surface area contributed by atoms with Gasteiger partial charge in [-0.25, -0.2) is 0 Å². The number of ether oxygens (including phenoxy) is 1. The molecule has 0 saturated carbocycles. The van der Waals surface area contributed by atoms with Crippen LogP contribution < -0.4 is 5.32 Å². The third kappa shape index (κ3) is 5.01. The Kier molecular flexibility index (Phi) is 6.52. The number of likely N-dealkylation sites (N-methyl/N-ethyl adjacent to an activating group) is 1. The highest BCUT2D eigenvalue weighted by Gasteiger charge is 2.14. The molecule has 21 heavy (non-hydrogen) atoms. The fourth-order valence-electron chi connectivity index (χ4n) is 2.05. The average Bonchev–Trinajstić information content (AvgIpc) is 2.50. The maximum atomic E-state index is 6.28. The van der Waals surface area contributed by atoms with Crippen LogP contribution in [0.4, 0.5) is 0 Å². The topological polar surface area (TPSA) is 21.3 Å². The van der Waals surface area contributed by atoms with Crippen LogP contribution in [0, 0.1) is 0 Å². The Morgan fingerprint density at radius 2 is 1.76 bits per heavy atom. The summed E-state index contributed by atoms with van der Waals surface area (Å²) in [7, 11) is 0. The Hall–Kier alpha value is -1.06. The predicted octanol–water partition coefficient (Wildman–Crippen LogP) is 4.86.